The van der Waals surface area contributed by atoms with Crippen LogP contribution < -0.4 is 0 Å². The number of aromatic hydroxyl groups is 1. The summed E-state index contributed by atoms with van der Waals surface area (Å²) in [4.78, 5) is 11.8. The van der Waals surface area contributed by atoms with E-state index in [-0.39, 0.29) is 11.3 Å². The highest BCUT2D eigenvalue weighted by atomic mass is 16.6. The van der Waals surface area contributed by atoms with Crippen LogP contribution in [0.3, 0.4) is 0 Å². The number of aliphatic hydroxyl groups is 5. The normalized spacial score (nSPS) is 16.8. The number of carbonyl (C=O) groups is 1. The first-order valence-corrected chi connectivity index (χ1v) is 6.16. The summed E-state index contributed by atoms with van der Waals surface area (Å²) in [7, 11) is 0. The van der Waals surface area contributed by atoms with Crippen LogP contribution in [0.25, 0.3) is 0 Å². The summed E-state index contributed by atoms with van der Waals surface area (Å²) in [6, 6.07) is 5.06. The highest BCUT2D eigenvalue weighted by molar-refractivity contribution is 5.89. The molecule has 0 bridgehead atoms. The number of hydrogen-bond acceptors (Lipinski definition) is 8. The lowest BCUT2D eigenvalue weighted by Crippen LogP contribution is -2.48. The SMILES string of the molecule is O=C(OC(CO)C(O)C(O)C(O)CO)c1ccc(O)cc1. The van der Waals surface area contributed by atoms with Crippen LogP contribution in [0.15, 0.2) is 24.3 Å². The number of phenols is 1. The van der Waals surface area contributed by atoms with Gasteiger partial charge in [-0.15, -0.1) is 0 Å². The van der Waals surface area contributed by atoms with E-state index in [2.05, 4.69) is 0 Å². The zero-order valence-corrected chi connectivity index (χ0v) is 11.0. The fourth-order valence-corrected chi connectivity index (χ4v) is 1.57. The van der Waals surface area contributed by atoms with Crippen LogP contribution in [0.4, 0.5) is 0 Å². The molecule has 0 saturated heterocycles. The second-order valence-electron chi connectivity index (χ2n) is 4.40. The lowest BCUT2D eigenvalue weighted by Gasteiger charge is -2.27. The minimum absolute atomic E-state index is 0.0493. The van der Waals surface area contributed by atoms with Crippen molar-refractivity contribution in [1.82, 2.24) is 0 Å². The molecule has 8 heteroatoms. The number of carbonyl (C=O) groups excluding carboxylic acids is 1. The number of esters is 1. The number of benzene rings is 1. The van der Waals surface area contributed by atoms with Crippen LogP contribution in [0.1, 0.15) is 10.4 Å². The Kier molecular flexibility index (Phi) is 6.53. The molecule has 1 aromatic rings. The number of hydrogen-bond donors (Lipinski definition) is 6. The first-order valence-electron chi connectivity index (χ1n) is 6.16. The van der Waals surface area contributed by atoms with Crippen LogP contribution in [0.2, 0.25) is 0 Å². The Balaban J connectivity index is 2.72. The van der Waals surface area contributed by atoms with Crippen molar-refractivity contribution in [1.29, 1.82) is 0 Å². The zero-order valence-electron chi connectivity index (χ0n) is 11.0. The van der Waals surface area contributed by atoms with E-state index in [1.54, 1.807) is 0 Å². The van der Waals surface area contributed by atoms with E-state index < -0.39 is 43.6 Å². The van der Waals surface area contributed by atoms with Crippen molar-refractivity contribution in [2.45, 2.75) is 24.4 Å². The molecule has 0 radical (unpaired) electrons. The Morgan fingerprint density at radius 1 is 1.00 bits per heavy atom. The highest BCUT2D eigenvalue weighted by Crippen LogP contribution is 2.14. The molecule has 0 fully saturated rings. The molecule has 0 aliphatic rings. The summed E-state index contributed by atoms with van der Waals surface area (Å²) < 4.78 is 4.83. The van der Waals surface area contributed by atoms with Crippen molar-refractivity contribution in [3.8, 4) is 5.75 Å². The average Bonchev–Trinajstić information content (AvgIpc) is 2.50. The lowest BCUT2D eigenvalue weighted by atomic mass is 10.0. The predicted molar refractivity (Wildman–Crippen MR) is 69.5 cm³/mol. The first-order chi connectivity index (χ1) is 9.90. The fourth-order valence-electron chi connectivity index (χ4n) is 1.57. The molecule has 21 heavy (non-hydrogen) atoms. The summed E-state index contributed by atoms with van der Waals surface area (Å²) >= 11 is 0. The number of aliphatic hydroxyl groups excluding tert-OH is 5. The molecule has 1 aromatic carbocycles. The monoisotopic (exact) mass is 302 g/mol. The standard InChI is InChI=1S/C13H18O8/c14-5-9(17)11(18)12(19)10(6-15)21-13(20)7-1-3-8(16)4-2-7/h1-4,9-12,14-19H,5-6H2. The van der Waals surface area contributed by atoms with Crippen molar-refractivity contribution in [3.63, 3.8) is 0 Å². The first kappa shape index (κ1) is 17.3. The average molecular weight is 302 g/mol. The van der Waals surface area contributed by atoms with Gasteiger partial charge in [0.05, 0.1) is 18.8 Å². The third-order valence-corrected chi connectivity index (χ3v) is 2.85. The topological polar surface area (TPSA) is 148 Å². The number of ether oxygens (including phenoxy) is 1. The lowest BCUT2D eigenvalue weighted by molar-refractivity contribution is -0.126. The van der Waals surface area contributed by atoms with E-state index in [0.717, 1.165) is 0 Å². The number of rotatable bonds is 7. The molecule has 0 spiro atoms. The summed E-state index contributed by atoms with van der Waals surface area (Å²) in [5.41, 5.74) is 0.0654. The van der Waals surface area contributed by atoms with Gasteiger partial charge in [-0.25, -0.2) is 4.79 Å². The Bertz CT molecular complexity index is 446. The molecule has 4 atom stereocenters. The molecule has 8 nitrogen and oxygen atoms in total. The van der Waals surface area contributed by atoms with Gasteiger partial charge in [0.2, 0.25) is 0 Å². The Labute approximate surface area is 120 Å². The molecule has 0 aromatic heterocycles. The highest BCUT2D eigenvalue weighted by Gasteiger charge is 2.33. The minimum atomic E-state index is -1.79. The van der Waals surface area contributed by atoms with Gasteiger partial charge in [0.15, 0.2) is 6.10 Å². The third kappa shape index (κ3) is 4.66. The van der Waals surface area contributed by atoms with Gasteiger partial charge in [-0.1, -0.05) is 0 Å². The molecule has 4 unspecified atom stereocenters. The molecule has 118 valence electrons. The zero-order chi connectivity index (χ0) is 16.0. The van der Waals surface area contributed by atoms with E-state index in [1.807, 2.05) is 0 Å². The number of phenolic OH excluding ortho intramolecular Hbond substituents is 1. The molecule has 0 saturated carbocycles. The van der Waals surface area contributed by atoms with Crippen LogP contribution in [-0.2, 0) is 4.74 Å². The molecule has 0 heterocycles. The van der Waals surface area contributed by atoms with Crippen molar-refractivity contribution in [2.24, 2.45) is 0 Å². The van der Waals surface area contributed by atoms with E-state index in [0.29, 0.717) is 0 Å². The van der Waals surface area contributed by atoms with Gasteiger partial charge >= 0.3 is 5.97 Å². The van der Waals surface area contributed by atoms with E-state index in [9.17, 15) is 20.1 Å². The maximum absolute atomic E-state index is 11.8. The van der Waals surface area contributed by atoms with Crippen molar-refractivity contribution in [3.05, 3.63) is 29.8 Å². The second-order valence-corrected chi connectivity index (χ2v) is 4.40. The van der Waals surface area contributed by atoms with Crippen LogP contribution in [0, 0.1) is 0 Å². The molecule has 6 N–H and O–H groups in total. The van der Waals surface area contributed by atoms with Gasteiger partial charge in [-0.3, -0.25) is 0 Å². The van der Waals surface area contributed by atoms with Crippen molar-refractivity contribution < 1.29 is 40.2 Å². The fraction of sp³-hybridized carbons (Fsp3) is 0.462. The molecule has 0 aliphatic carbocycles. The molecule has 0 amide bonds. The summed E-state index contributed by atoms with van der Waals surface area (Å²) in [5.74, 6) is -0.939. The van der Waals surface area contributed by atoms with Crippen molar-refractivity contribution >= 4 is 5.97 Å². The van der Waals surface area contributed by atoms with Gasteiger partial charge in [0.1, 0.15) is 24.1 Å². The maximum Gasteiger partial charge on any atom is 0.338 e. The maximum atomic E-state index is 11.8. The van der Waals surface area contributed by atoms with Gasteiger partial charge < -0.3 is 35.4 Å². The Morgan fingerprint density at radius 3 is 2.05 bits per heavy atom. The molecular weight excluding hydrogens is 284 g/mol. The summed E-state index contributed by atoms with van der Waals surface area (Å²) in [5, 5.41) is 55.3. The van der Waals surface area contributed by atoms with Crippen LogP contribution in [0.5, 0.6) is 5.75 Å². The van der Waals surface area contributed by atoms with Gasteiger partial charge in [0, 0.05) is 0 Å². The molecule has 1 rings (SSSR count). The quantitative estimate of drug-likeness (QED) is 0.316. The van der Waals surface area contributed by atoms with E-state index in [1.165, 1.54) is 24.3 Å². The van der Waals surface area contributed by atoms with E-state index in [4.69, 9.17) is 20.1 Å². The Hall–Kier alpha value is -1.71. The predicted octanol–water partition coefficient (Wildman–Crippen LogP) is -2.02. The largest absolute Gasteiger partial charge is 0.508 e. The van der Waals surface area contributed by atoms with Gasteiger partial charge in [-0.2, -0.15) is 0 Å². The second kappa shape index (κ2) is 7.91. The summed E-state index contributed by atoms with van der Waals surface area (Å²) in [6.07, 6.45) is -6.69. The van der Waals surface area contributed by atoms with Gasteiger partial charge in [-0.05, 0) is 24.3 Å². The van der Waals surface area contributed by atoms with Crippen LogP contribution in [-0.4, -0.2) is 74.2 Å². The molecule has 0 aliphatic heterocycles. The third-order valence-electron chi connectivity index (χ3n) is 2.85. The van der Waals surface area contributed by atoms with Gasteiger partial charge in [0.25, 0.3) is 0 Å². The Morgan fingerprint density at radius 2 is 1.57 bits per heavy atom. The molecular formula is C13H18O8. The smallest absolute Gasteiger partial charge is 0.338 e. The van der Waals surface area contributed by atoms with Crippen LogP contribution >= 0.6 is 0 Å². The van der Waals surface area contributed by atoms with Crippen molar-refractivity contribution in [2.75, 3.05) is 13.2 Å². The summed E-state index contributed by atoms with van der Waals surface area (Å²) in [6.45, 7) is -1.59. The van der Waals surface area contributed by atoms with E-state index >= 15 is 0 Å². The minimum Gasteiger partial charge on any atom is -0.508 e.